The Kier molecular flexibility index (Phi) is 6.67. The van der Waals surface area contributed by atoms with Crippen molar-refractivity contribution in [1.82, 2.24) is 0 Å². The lowest BCUT2D eigenvalue weighted by molar-refractivity contribution is -0.137. The fraction of sp³-hybridized carbons (Fsp3) is 0.533. The molecule has 3 N–H and O–H groups in total. The number of benzene rings is 1. The van der Waals surface area contributed by atoms with E-state index in [9.17, 15) is 18.0 Å². The third kappa shape index (κ3) is 5.22. The molecule has 0 bridgehead atoms. The highest BCUT2D eigenvalue weighted by Crippen LogP contribution is 2.33. The molecule has 7 heteroatoms. The van der Waals surface area contributed by atoms with Gasteiger partial charge < -0.3 is 5.32 Å². The second kappa shape index (κ2) is 8.03. The molecule has 0 aromatic heterocycles. The summed E-state index contributed by atoms with van der Waals surface area (Å²) in [6.07, 6.45) is -1.54. The largest absolute Gasteiger partial charge is 0.416 e. The highest BCUT2D eigenvalue weighted by atomic mass is 19.4. The molecule has 4 nitrogen and oxygen atoms in total. The summed E-state index contributed by atoms with van der Waals surface area (Å²) in [5, 5.41) is 11.3. The number of anilines is 2. The van der Waals surface area contributed by atoms with Crippen molar-refractivity contribution in [2.24, 2.45) is 5.92 Å². The van der Waals surface area contributed by atoms with Gasteiger partial charge in [0.15, 0.2) is 0 Å². The lowest BCUT2D eigenvalue weighted by Crippen LogP contribution is -2.23. The lowest BCUT2D eigenvalue weighted by atomic mass is 9.97. The van der Waals surface area contributed by atoms with E-state index in [0.717, 1.165) is 25.0 Å². The van der Waals surface area contributed by atoms with Crippen LogP contribution >= 0.6 is 0 Å². The van der Waals surface area contributed by atoms with Gasteiger partial charge >= 0.3 is 6.18 Å². The van der Waals surface area contributed by atoms with Crippen LogP contribution in [0.1, 0.15) is 45.1 Å². The molecule has 0 saturated heterocycles. The van der Waals surface area contributed by atoms with Crippen LogP contribution in [0.2, 0.25) is 0 Å². The molecule has 0 heterocycles. The Morgan fingerprint density at radius 2 is 1.68 bits per heavy atom. The Labute approximate surface area is 127 Å². The first-order chi connectivity index (χ1) is 10.3. The maximum absolute atomic E-state index is 12.8. The van der Waals surface area contributed by atoms with Crippen LogP contribution in [0.15, 0.2) is 18.2 Å². The first kappa shape index (κ1) is 18.3. The monoisotopic (exact) mass is 318 g/mol. The van der Waals surface area contributed by atoms with Gasteiger partial charge in [0, 0.05) is 11.6 Å². The molecule has 0 fully saturated rings. The van der Waals surface area contributed by atoms with Crippen molar-refractivity contribution in [3.63, 3.8) is 0 Å². The Bertz CT molecular complexity index is 498. The van der Waals surface area contributed by atoms with Crippen LogP contribution < -0.4 is 10.8 Å². The molecule has 0 radical (unpaired) electrons. The minimum atomic E-state index is -4.56. The predicted octanol–water partition coefficient (Wildman–Crippen LogP) is 4.66. The normalized spacial score (nSPS) is 11.6. The Morgan fingerprint density at radius 3 is 2.14 bits per heavy atom. The number of carbonyl (C=O) groups is 1. The SMILES string of the molecule is CCCC(CCC)C(=O)Nc1cc(NO)cc(C(F)(F)F)c1. The van der Waals surface area contributed by atoms with Crippen molar-refractivity contribution < 1.29 is 23.2 Å². The van der Waals surface area contributed by atoms with E-state index in [0.29, 0.717) is 12.8 Å². The zero-order valence-electron chi connectivity index (χ0n) is 12.6. The predicted molar refractivity (Wildman–Crippen MR) is 78.8 cm³/mol. The van der Waals surface area contributed by atoms with Crippen LogP contribution in [-0.2, 0) is 11.0 Å². The number of rotatable bonds is 7. The Hall–Kier alpha value is -1.76. The van der Waals surface area contributed by atoms with Crippen molar-refractivity contribution in [3.05, 3.63) is 23.8 Å². The van der Waals surface area contributed by atoms with Crippen LogP contribution in [0, 0.1) is 5.92 Å². The van der Waals surface area contributed by atoms with E-state index in [1.54, 1.807) is 5.48 Å². The summed E-state index contributed by atoms with van der Waals surface area (Å²) in [4.78, 5) is 12.2. The summed E-state index contributed by atoms with van der Waals surface area (Å²) in [5.74, 6) is -0.526. The molecular formula is C15H21F3N2O2. The molecule has 0 spiro atoms. The zero-order valence-corrected chi connectivity index (χ0v) is 12.6. The number of hydrogen-bond donors (Lipinski definition) is 3. The van der Waals surface area contributed by atoms with Gasteiger partial charge in [0.1, 0.15) is 0 Å². The fourth-order valence-corrected chi connectivity index (χ4v) is 2.28. The van der Waals surface area contributed by atoms with E-state index in [-0.39, 0.29) is 23.2 Å². The molecule has 0 aliphatic heterocycles. The van der Waals surface area contributed by atoms with Gasteiger partial charge in [-0.3, -0.25) is 15.5 Å². The molecule has 1 aromatic rings. The second-order valence-corrected chi connectivity index (χ2v) is 5.17. The summed E-state index contributed by atoms with van der Waals surface area (Å²) >= 11 is 0. The van der Waals surface area contributed by atoms with Gasteiger partial charge in [-0.25, -0.2) is 0 Å². The van der Waals surface area contributed by atoms with E-state index in [1.807, 2.05) is 13.8 Å². The molecule has 0 aliphatic rings. The smallest absolute Gasteiger partial charge is 0.326 e. The molecule has 0 unspecified atom stereocenters. The molecule has 0 saturated carbocycles. The summed E-state index contributed by atoms with van der Waals surface area (Å²) < 4.78 is 38.4. The average Bonchev–Trinajstić information content (AvgIpc) is 2.45. The summed E-state index contributed by atoms with van der Waals surface area (Å²) in [6.45, 7) is 3.90. The minimum absolute atomic E-state index is 0.00795. The quantitative estimate of drug-likeness (QED) is 0.641. The van der Waals surface area contributed by atoms with Crippen molar-refractivity contribution in [2.45, 2.75) is 45.7 Å². The van der Waals surface area contributed by atoms with E-state index in [1.165, 1.54) is 6.07 Å². The lowest BCUT2D eigenvalue weighted by Gasteiger charge is -2.17. The van der Waals surface area contributed by atoms with Crippen molar-refractivity contribution in [2.75, 3.05) is 10.8 Å². The van der Waals surface area contributed by atoms with Gasteiger partial charge in [-0.05, 0) is 31.0 Å². The highest BCUT2D eigenvalue weighted by Gasteiger charge is 2.31. The van der Waals surface area contributed by atoms with Crippen LogP contribution in [0.25, 0.3) is 0 Å². The number of carbonyl (C=O) groups excluding carboxylic acids is 1. The van der Waals surface area contributed by atoms with Gasteiger partial charge in [-0.2, -0.15) is 13.2 Å². The third-order valence-electron chi connectivity index (χ3n) is 3.30. The summed E-state index contributed by atoms with van der Waals surface area (Å²) in [6, 6.07) is 2.88. The van der Waals surface area contributed by atoms with Crippen molar-refractivity contribution in [3.8, 4) is 0 Å². The number of hydrogen-bond acceptors (Lipinski definition) is 3. The molecule has 1 rings (SSSR count). The topological polar surface area (TPSA) is 61.4 Å². The summed E-state index contributed by atoms with van der Waals surface area (Å²) in [5.41, 5.74) is 0.617. The average molecular weight is 318 g/mol. The van der Waals surface area contributed by atoms with Crippen molar-refractivity contribution >= 4 is 17.3 Å². The molecule has 0 atom stereocenters. The van der Waals surface area contributed by atoms with Gasteiger partial charge in [0.2, 0.25) is 5.91 Å². The highest BCUT2D eigenvalue weighted by molar-refractivity contribution is 5.93. The zero-order chi connectivity index (χ0) is 16.8. The number of nitrogens with one attached hydrogen (secondary N) is 2. The second-order valence-electron chi connectivity index (χ2n) is 5.17. The standard InChI is InChI=1S/C15H21F3N2O2/c1-3-5-10(6-4-2)14(21)19-12-7-11(15(16,17)18)8-13(9-12)20-22/h7-10,20,22H,3-6H2,1-2H3,(H,19,21). The number of halogens is 3. The van der Waals surface area contributed by atoms with Crippen LogP contribution in [0.3, 0.4) is 0 Å². The fourth-order valence-electron chi connectivity index (χ4n) is 2.28. The van der Waals surface area contributed by atoms with E-state index >= 15 is 0 Å². The van der Waals surface area contributed by atoms with E-state index in [2.05, 4.69) is 5.32 Å². The molecule has 1 aromatic carbocycles. The molecule has 124 valence electrons. The third-order valence-corrected chi connectivity index (χ3v) is 3.30. The maximum atomic E-state index is 12.8. The first-order valence-electron chi connectivity index (χ1n) is 7.25. The molecule has 22 heavy (non-hydrogen) atoms. The van der Waals surface area contributed by atoms with Gasteiger partial charge in [-0.15, -0.1) is 0 Å². The Morgan fingerprint density at radius 1 is 1.14 bits per heavy atom. The van der Waals surface area contributed by atoms with Gasteiger partial charge in [0.05, 0.1) is 11.3 Å². The van der Waals surface area contributed by atoms with Gasteiger partial charge in [0.25, 0.3) is 0 Å². The van der Waals surface area contributed by atoms with Crippen LogP contribution in [0.5, 0.6) is 0 Å². The van der Waals surface area contributed by atoms with Gasteiger partial charge in [-0.1, -0.05) is 26.7 Å². The molecule has 1 amide bonds. The van der Waals surface area contributed by atoms with E-state index in [4.69, 9.17) is 5.21 Å². The van der Waals surface area contributed by atoms with Crippen LogP contribution in [0.4, 0.5) is 24.5 Å². The first-order valence-corrected chi connectivity index (χ1v) is 7.25. The van der Waals surface area contributed by atoms with Crippen molar-refractivity contribution in [1.29, 1.82) is 0 Å². The van der Waals surface area contributed by atoms with Crippen LogP contribution in [-0.4, -0.2) is 11.1 Å². The van der Waals surface area contributed by atoms with E-state index < -0.39 is 11.7 Å². The minimum Gasteiger partial charge on any atom is -0.326 e. The summed E-state index contributed by atoms with van der Waals surface area (Å²) in [7, 11) is 0. The molecular weight excluding hydrogens is 297 g/mol. The number of alkyl halides is 3. The maximum Gasteiger partial charge on any atom is 0.416 e. The Balaban J connectivity index is 2.98. The number of amides is 1. The molecule has 0 aliphatic carbocycles.